The lowest BCUT2D eigenvalue weighted by Gasteiger charge is -2.16. The minimum Gasteiger partial charge on any atom is -0.340 e. The van der Waals surface area contributed by atoms with Crippen LogP contribution in [-0.4, -0.2) is 37.8 Å². The first-order valence-electron chi connectivity index (χ1n) is 7.07. The van der Waals surface area contributed by atoms with Crippen LogP contribution in [0.3, 0.4) is 0 Å². The van der Waals surface area contributed by atoms with Gasteiger partial charge in [0.15, 0.2) is 0 Å². The smallest absolute Gasteiger partial charge is 0.245 e. The Balaban J connectivity index is 1.65. The van der Waals surface area contributed by atoms with Crippen LogP contribution in [0.5, 0.6) is 0 Å². The van der Waals surface area contributed by atoms with Gasteiger partial charge in [0.1, 0.15) is 5.82 Å². The van der Waals surface area contributed by atoms with E-state index in [1.807, 2.05) is 37.8 Å². The van der Waals surface area contributed by atoms with E-state index in [4.69, 9.17) is 0 Å². The van der Waals surface area contributed by atoms with Gasteiger partial charge in [0.05, 0.1) is 23.8 Å². The van der Waals surface area contributed by atoms with Gasteiger partial charge in [-0.3, -0.25) is 14.4 Å². The summed E-state index contributed by atoms with van der Waals surface area (Å²) in [6.07, 6.45) is 4.52. The highest BCUT2D eigenvalue weighted by Gasteiger charge is 2.33. The Kier molecular flexibility index (Phi) is 3.50. The predicted octanol–water partition coefficient (Wildman–Crippen LogP) is 0.357. The Morgan fingerprint density at radius 3 is 2.86 bits per heavy atom. The Labute approximate surface area is 123 Å². The van der Waals surface area contributed by atoms with Crippen LogP contribution in [0, 0.1) is 6.92 Å². The van der Waals surface area contributed by atoms with Gasteiger partial charge in [-0.1, -0.05) is 0 Å². The molecule has 0 bridgehead atoms. The van der Waals surface area contributed by atoms with Crippen molar-refractivity contribution in [3.8, 4) is 0 Å². The summed E-state index contributed by atoms with van der Waals surface area (Å²) in [5, 5.41) is 7.59. The largest absolute Gasteiger partial charge is 0.340 e. The van der Waals surface area contributed by atoms with Crippen LogP contribution in [0.25, 0.3) is 0 Å². The number of anilines is 1. The first-order chi connectivity index (χ1) is 10.0. The molecule has 7 nitrogen and oxygen atoms in total. The second-order valence-corrected chi connectivity index (χ2v) is 5.51. The van der Waals surface area contributed by atoms with E-state index in [2.05, 4.69) is 15.4 Å². The summed E-state index contributed by atoms with van der Waals surface area (Å²) >= 11 is 0. The summed E-state index contributed by atoms with van der Waals surface area (Å²) in [7, 11) is 3.80. The number of hydrogen-bond donors (Lipinski definition) is 1. The SMILES string of the molecule is Cc1cc(N2CCC(NCc3cn(C)cn3)C2=O)n(C)n1. The molecule has 1 N–H and O–H groups in total. The molecule has 1 amide bonds. The number of nitrogens with one attached hydrogen (secondary N) is 1. The molecular weight excluding hydrogens is 268 g/mol. The van der Waals surface area contributed by atoms with Crippen LogP contribution < -0.4 is 10.2 Å². The highest BCUT2D eigenvalue weighted by atomic mass is 16.2. The Morgan fingerprint density at radius 2 is 2.24 bits per heavy atom. The highest BCUT2D eigenvalue weighted by Crippen LogP contribution is 2.22. The summed E-state index contributed by atoms with van der Waals surface area (Å²) in [5.74, 6) is 0.966. The van der Waals surface area contributed by atoms with Gasteiger partial charge >= 0.3 is 0 Å². The quantitative estimate of drug-likeness (QED) is 0.882. The van der Waals surface area contributed by atoms with Crippen molar-refractivity contribution in [1.82, 2.24) is 24.6 Å². The van der Waals surface area contributed by atoms with Crippen molar-refractivity contribution in [2.45, 2.75) is 25.9 Å². The average molecular weight is 288 g/mol. The monoisotopic (exact) mass is 288 g/mol. The van der Waals surface area contributed by atoms with Crippen LogP contribution >= 0.6 is 0 Å². The normalized spacial score (nSPS) is 18.7. The minimum atomic E-state index is -0.151. The maximum atomic E-state index is 12.5. The van der Waals surface area contributed by atoms with Gasteiger partial charge in [-0.25, -0.2) is 4.98 Å². The maximum absolute atomic E-state index is 12.5. The zero-order chi connectivity index (χ0) is 15.0. The molecule has 0 aromatic carbocycles. The Bertz CT molecular complexity index is 658. The van der Waals surface area contributed by atoms with Gasteiger partial charge in [-0.05, 0) is 13.3 Å². The number of aromatic nitrogens is 4. The second kappa shape index (κ2) is 5.33. The van der Waals surface area contributed by atoms with Crippen molar-refractivity contribution in [2.24, 2.45) is 14.1 Å². The fraction of sp³-hybridized carbons (Fsp3) is 0.500. The molecule has 2 aromatic rings. The summed E-state index contributed by atoms with van der Waals surface area (Å²) in [6.45, 7) is 3.26. The molecule has 0 spiro atoms. The van der Waals surface area contributed by atoms with Crippen LogP contribution in [0.2, 0.25) is 0 Å². The van der Waals surface area contributed by atoms with Gasteiger partial charge in [0, 0.05) is 39.4 Å². The maximum Gasteiger partial charge on any atom is 0.245 e. The Morgan fingerprint density at radius 1 is 1.43 bits per heavy atom. The first kappa shape index (κ1) is 13.8. The number of nitrogens with zero attached hydrogens (tertiary/aromatic N) is 5. The number of aryl methyl sites for hydroxylation is 3. The van der Waals surface area contributed by atoms with E-state index in [1.165, 1.54) is 0 Å². The van der Waals surface area contributed by atoms with Crippen molar-refractivity contribution in [2.75, 3.05) is 11.4 Å². The van der Waals surface area contributed by atoms with E-state index >= 15 is 0 Å². The van der Waals surface area contributed by atoms with E-state index in [9.17, 15) is 4.79 Å². The topological polar surface area (TPSA) is 68.0 Å². The first-order valence-corrected chi connectivity index (χ1v) is 7.07. The molecule has 3 rings (SSSR count). The summed E-state index contributed by atoms with van der Waals surface area (Å²) in [5.41, 5.74) is 1.87. The number of carbonyl (C=O) groups excluding carboxylic acids is 1. The van der Waals surface area contributed by atoms with Gasteiger partial charge in [0.25, 0.3) is 0 Å². The molecule has 1 aliphatic heterocycles. The number of rotatable bonds is 4. The molecule has 1 unspecified atom stereocenters. The molecule has 1 fully saturated rings. The van der Waals surface area contributed by atoms with Crippen LogP contribution in [0.4, 0.5) is 5.82 Å². The van der Waals surface area contributed by atoms with Crippen molar-refractivity contribution >= 4 is 11.7 Å². The lowest BCUT2D eigenvalue weighted by atomic mass is 10.2. The summed E-state index contributed by atoms with van der Waals surface area (Å²) in [4.78, 5) is 18.6. The van der Waals surface area contributed by atoms with E-state index in [-0.39, 0.29) is 11.9 Å². The lowest BCUT2D eigenvalue weighted by molar-refractivity contribution is -0.118. The third-order valence-corrected chi connectivity index (χ3v) is 3.75. The Hall–Kier alpha value is -2.15. The molecular formula is C14H20N6O. The summed E-state index contributed by atoms with van der Waals surface area (Å²) in [6, 6.07) is 1.79. The lowest BCUT2D eigenvalue weighted by Crippen LogP contribution is -2.38. The molecule has 7 heteroatoms. The predicted molar refractivity (Wildman–Crippen MR) is 78.8 cm³/mol. The molecule has 2 aromatic heterocycles. The molecule has 1 aliphatic rings. The minimum absolute atomic E-state index is 0.105. The van der Waals surface area contributed by atoms with E-state index in [1.54, 1.807) is 15.9 Å². The fourth-order valence-corrected chi connectivity index (χ4v) is 2.73. The fourth-order valence-electron chi connectivity index (χ4n) is 2.73. The zero-order valence-corrected chi connectivity index (χ0v) is 12.6. The van der Waals surface area contributed by atoms with Crippen LogP contribution in [0.15, 0.2) is 18.6 Å². The second-order valence-electron chi connectivity index (χ2n) is 5.51. The van der Waals surface area contributed by atoms with E-state index in [0.29, 0.717) is 6.54 Å². The van der Waals surface area contributed by atoms with Crippen LogP contribution in [-0.2, 0) is 25.4 Å². The van der Waals surface area contributed by atoms with Gasteiger partial charge < -0.3 is 9.88 Å². The molecule has 3 heterocycles. The molecule has 0 radical (unpaired) electrons. The van der Waals surface area contributed by atoms with Crippen LogP contribution in [0.1, 0.15) is 17.8 Å². The molecule has 112 valence electrons. The third-order valence-electron chi connectivity index (χ3n) is 3.75. The number of amides is 1. The molecule has 0 aliphatic carbocycles. The third kappa shape index (κ3) is 2.69. The van der Waals surface area contributed by atoms with Crippen molar-refractivity contribution in [1.29, 1.82) is 0 Å². The highest BCUT2D eigenvalue weighted by molar-refractivity contribution is 5.98. The van der Waals surface area contributed by atoms with Crippen molar-refractivity contribution in [3.05, 3.63) is 30.0 Å². The number of imidazole rings is 1. The zero-order valence-electron chi connectivity index (χ0n) is 12.6. The van der Waals surface area contributed by atoms with E-state index in [0.717, 1.165) is 30.2 Å². The standard InChI is InChI=1S/C14H20N6O/c1-10-6-13(19(3)17-10)20-5-4-12(14(20)21)15-7-11-8-18(2)9-16-11/h6,8-9,12,15H,4-5,7H2,1-3H3. The van der Waals surface area contributed by atoms with Crippen molar-refractivity contribution in [3.63, 3.8) is 0 Å². The van der Waals surface area contributed by atoms with Gasteiger partial charge in [0.2, 0.25) is 5.91 Å². The van der Waals surface area contributed by atoms with Crippen molar-refractivity contribution < 1.29 is 4.79 Å². The van der Waals surface area contributed by atoms with Gasteiger partial charge in [-0.2, -0.15) is 5.10 Å². The number of hydrogen-bond acceptors (Lipinski definition) is 4. The van der Waals surface area contributed by atoms with E-state index < -0.39 is 0 Å². The average Bonchev–Trinajstić information content (AvgIpc) is 3.08. The molecule has 1 saturated heterocycles. The summed E-state index contributed by atoms with van der Waals surface area (Å²) < 4.78 is 3.66. The molecule has 0 saturated carbocycles. The molecule has 1 atom stereocenters. The van der Waals surface area contributed by atoms with Gasteiger partial charge in [-0.15, -0.1) is 0 Å². The molecule has 21 heavy (non-hydrogen) atoms. The number of carbonyl (C=O) groups is 1.